The minimum Gasteiger partial charge on any atom is -0.497 e. The second-order valence-electron chi connectivity index (χ2n) is 9.44. The van der Waals surface area contributed by atoms with Crippen molar-refractivity contribution in [1.82, 2.24) is 15.1 Å². The molecule has 7 nitrogen and oxygen atoms in total. The van der Waals surface area contributed by atoms with E-state index < -0.39 is 24.2 Å². The van der Waals surface area contributed by atoms with Crippen LogP contribution in [0.4, 0.5) is 14.5 Å². The summed E-state index contributed by atoms with van der Waals surface area (Å²) in [7, 11) is 1.57. The molecule has 4 atom stereocenters. The highest BCUT2D eigenvalue weighted by Gasteiger charge is 2.48. The lowest BCUT2D eigenvalue weighted by Gasteiger charge is -2.29. The molecule has 1 aliphatic heterocycles. The van der Waals surface area contributed by atoms with Gasteiger partial charge in [0.1, 0.15) is 17.7 Å². The molecule has 0 unspecified atom stereocenters. The molecule has 1 saturated heterocycles. The number of alkyl halides is 1. The second kappa shape index (κ2) is 8.99. The van der Waals surface area contributed by atoms with Crippen LogP contribution in [0.3, 0.4) is 0 Å². The van der Waals surface area contributed by atoms with E-state index in [1.165, 1.54) is 12.1 Å². The lowest BCUT2D eigenvalue weighted by Crippen LogP contribution is -2.41. The molecule has 2 amide bonds. The summed E-state index contributed by atoms with van der Waals surface area (Å²) in [4.78, 5) is 27.7. The van der Waals surface area contributed by atoms with Crippen molar-refractivity contribution in [2.45, 2.75) is 31.1 Å². The second-order valence-corrected chi connectivity index (χ2v) is 9.44. The van der Waals surface area contributed by atoms with Gasteiger partial charge < -0.3 is 15.0 Å². The number of rotatable bonds is 6. The molecule has 1 aliphatic carbocycles. The summed E-state index contributed by atoms with van der Waals surface area (Å²) in [5, 5.41) is 8.17. The van der Waals surface area contributed by atoms with Crippen LogP contribution in [-0.2, 0) is 9.59 Å². The van der Waals surface area contributed by atoms with E-state index in [0.717, 1.165) is 16.5 Å². The Balaban J connectivity index is 1.38. The molecule has 2 fully saturated rings. The fraction of sp³-hybridized carbons (Fsp3) is 0.250. The van der Waals surface area contributed by atoms with Crippen molar-refractivity contribution >= 4 is 28.4 Å². The van der Waals surface area contributed by atoms with Crippen molar-refractivity contribution in [2.75, 3.05) is 12.0 Å². The van der Waals surface area contributed by atoms with E-state index in [1.54, 1.807) is 35.0 Å². The summed E-state index contributed by atoms with van der Waals surface area (Å²) in [6.45, 7) is 0. The molecule has 0 spiro atoms. The quantitative estimate of drug-likeness (QED) is 0.422. The number of carbonyl (C=O) groups is 2. The topological polar surface area (TPSA) is 76.5 Å². The van der Waals surface area contributed by atoms with Crippen LogP contribution in [0.1, 0.15) is 24.4 Å². The number of fused-ring (bicyclic) bond motifs is 1. The number of nitrogens with zero attached hydrogens (tertiary/aromatic N) is 3. The summed E-state index contributed by atoms with van der Waals surface area (Å²) in [5.41, 5.74) is 2.96. The zero-order valence-electron chi connectivity index (χ0n) is 20.0. The first-order valence-electron chi connectivity index (χ1n) is 12.1. The van der Waals surface area contributed by atoms with Gasteiger partial charge in [0.2, 0.25) is 11.8 Å². The van der Waals surface area contributed by atoms with Crippen LogP contribution in [0.15, 0.2) is 72.9 Å². The molecule has 0 radical (unpaired) electrons. The summed E-state index contributed by atoms with van der Waals surface area (Å²) in [5.74, 6) is -0.872. The van der Waals surface area contributed by atoms with Crippen molar-refractivity contribution in [3.8, 4) is 11.4 Å². The average Bonchev–Trinajstić information content (AvgIpc) is 3.35. The lowest BCUT2D eigenvalue weighted by molar-refractivity contribution is -0.123. The molecule has 9 heteroatoms. The van der Waals surface area contributed by atoms with Crippen LogP contribution in [0.25, 0.3) is 16.6 Å². The fourth-order valence-corrected chi connectivity index (χ4v) is 5.06. The van der Waals surface area contributed by atoms with Crippen molar-refractivity contribution in [3.05, 3.63) is 84.3 Å². The Labute approximate surface area is 211 Å². The van der Waals surface area contributed by atoms with E-state index in [4.69, 9.17) is 4.74 Å². The number of hydrogen-bond acceptors (Lipinski definition) is 4. The summed E-state index contributed by atoms with van der Waals surface area (Å²) >= 11 is 0. The molecule has 2 aliphatic rings. The molecular formula is C28H24F2N4O3. The number of halogens is 2. The van der Waals surface area contributed by atoms with Crippen molar-refractivity contribution in [1.29, 1.82) is 0 Å². The molecule has 1 aromatic heterocycles. The molecule has 4 aromatic rings. The summed E-state index contributed by atoms with van der Waals surface area (Å²) in [6.07, 6.45) is 0.874. The maximum Gasteiger partial charge on any atom is 0.229 e. The highest BCUT2D eigenvalue weighted by molar-refractivity contribution is 6.00. The van der Waals surface area contributed by atoms with E-state index in [-0.39, 0.29) is 30.5 Å². The van der Waals surface area contributed by atoms with Crippen molar-refractivity contribution < 1.29 is 23.1 Å². The Morgan fingerprint density at radius 1 is 1.08 bits per heavy atom. The van der Waals surface area contributed by atoms with E-state index in [0.29, 0.717) is 17.1 Å². The van der Waals surface area contributed by atoms with E-state index in [9.17, 15) is 18.4 Å². The first kappa shape index (κ1) is 23.1. The van der Waals surface area contributed by atoms with Gasteiger partial charge in [0, 0.05) is 17.5 Å². The minimum absolute atomic E-state index is 0.0875. The van der Waals surface area contributed by atoms with Crippen LogP contribution in [-0.4, -0.2) is 40.9 Å². The number of hydrogen-bond donors (Lipinski definition) is 1. The number of nitrogens with one attached hydrogen (secondary N) is 1. The Kier molecular flexibility index (Phi) is 5.62. The molecule has 188 valence electrons. The van der Waals surface area contributed by atoms with E-state index in [1.807, 2.05) is 42.5 Å². The summed E-state index contributed by atoms with van der Waals surface area (Å²) in [6, 6.07) is 17.9. The number of aromatic nitrogens is 2. The minimum atomic E-state index is -1.12. The molecule has 0 bridgehead atoms. The fourth-order valence-electron chi connectivity index (χ4n) is 5.06. The normalized spacial score (nSPS) is 22.9. The number of carbonyl (C=O) groups excluding carboxylic acids is 2. The zero-order chi connectivity index (χ0) is 25.7. The molecule has 1 saturated carbocycles. The predicted molar refractivity (Wildman–Crippen MR) is 134 cm³/mol. The highest BCUT2D eigenvalue weighted by Crippen LogP contribution is 2.41. The Morgan fingerprint density at radius 3 is 2.57 bits per heavy atom. The average molecular weight is 503 g/mol. The maximum atomic E-state index is 13.5. The Hall–Kier alpha value is -4.27. The third-order valence-corrected chi connectivity index (χ3v) is 7.04. The molecule has 37 heavy (non-hydrogen) atoms. The van der Waals surface area contributed by atoms with Gasteiger partial charge in [-0.1, -0.05) is 12.1 Å². The number of methoxy groups -OCH3 is 1. The van der Waals surface area contributed by atoms with Gasteiger partial charge in [0.15, 0.2) is 0 Å². The van der Waals surface area contributed by atoms with Crippen LogP contribution in [0, 0.1) is 11.7 Å². The maximum absolute atomic E-state index is 13.5. The number of anilines is 1. The third kappa shape index (κ3) is 4.20. The first-order chi connectivity index (χ1) is 17.9. The summed E-state index contributed by atoms with van der Waals surface area (Å²) < 4.78 is 34.0. The smallest absolute Gasteiger partial charge is 0.229 e. The van der Waals surface area contributed by atoms with E-state index >= 15 is 0 Å². The zero-order valence-corrected chi connectivity index (χ0v) is 20.0. The van der Waals surface area contributed by atoms with Gasteiger partial charge in [-0.3, -0.25) is 9.59 Å². The number of benzene rings is 3. The number of ether oxygens (including phenoxy) is 1. The Bertz CT molecular complexity index is 1500. The molecular weight excluding hydrogens is 478 g/mol. The van der Waals surface area contributed by atoms with Gasteiger partial charge in [-0.2, -0.15) is 5.10 Å². The molecule has 2 heterocycles. The highest BCUT2D eigenvalue weighted by atomic mass is 19.1. The first-order valence-corrected chi connectivity index (χ1v) is 12.1. The van der Waals surface area contributed by atoms with Crippen LogP contribution < -0.4 is 15.0 Å². The van der Waals surface area contributed by atoms with E-state index in [2.05, 4.69) is 10.4 Å². The number of amides is 2. The van der Waals surface area contributed by atoms with Gasteiger partial charge in [-0.05, 0) is 66.6 Å². The predicted octanol–water partition coefficient (Wildman–Crippen LogP) is 4.49. The molecule has 1 N–H and O–H groups in total. The lowest BCUT2D eigenvalue weighted by atomic mass is 9.99. The Morgan fingerprint density at radius 2 is 1.84 bits per heavy atom. The van der Waals surface area contributed by atoms with Gasteiger partial charge in [-0.25, -0.2) is 13.5 Å². The largest absolute Gasteiger partial charge is 0.497 e. The van der Waals surface area contributed by atoms with Crippen LogP contribution in [0.5, 0.6) is 5.75 Å². The standard InChI is InChI=1S/C28H24F2N4O3/c1-37-21-4-2-3-16(12-21)27-24(32-28(36)22-13-23(22)30)14-26(35)33(27)20-9-10-25-17(11-20)15-31-34(25)19-7-5-18(29)6-8-19/h2-12,15,22-24,27H,13-14H2,1H3,(H,32,36)/t22-,23-,24+,27-/m1/s1. The monoisotopic (exact) mass is 502 g/mol. The van der Waals surface area contributed by atoms with Crippen molar-refractivity contribution in [2.24, 2.45) is 5.92 Å². The molecule has 6 rings (SSSR count). The van der Waals surface area contributed by atoms with Gasteiger partial charge in [0.25, 0.3) is 0 Å². The van der Waals surface area contributed by atoms with Crippen LogP contribution in [0.2, 0.25) is 0 Å². The third-order valence-electron chi connectivity index (χ3n) is 7.04. The molecule has 3 aromatic carbocycles. The SMILES string of the molecule is COc1cccc([C@@H]2[C@@H](NC(=O)[C@@H]3C[C@H]3F)CC(=O)N2c2ccc3c(cnn3-c3ccc(F)cc3)c2)c1. The van der Waals surface area contributed by atoms with Crippen LogP contribution >= 0.6 is 0 Å². The van der Waals surface area contributed by atoms with Gasteiger partial charge >= 0.3 is 0 Å². The van der Waals surface area contributed by atoms with Gasteiger partial charge in [0.05, 0.1) is 42.5 Å². The van der Waals surface area contributed by atoms with Gasteiger partial charge in [-0.15, -0.1) is 0 Å². The van der Waals surface area contributed by atoms with Crippen molar-refractivity contribution in [3.63, 3.8) is 0 Å².